The van der Waals surface area contributed by atoms with Crippen LogP contribution in [0, 0.1) is 0 Å². The van der Waals surface area contributed by atoms with Gasteiger partial charge >= 0.3 is 6.09 Å². The fraction of sp³-hybridized carbons (Fsp3) is 0.429. The Balaban J connectivity index is 3.57. The van der Waals surface area contributed by atoms with Crippen LogP contribution in [0.1, 0.15) is 0 Å². The largest absolute Gasteiger partial charge is 0.445 e. The molecule has 0 heterocycles. The van der Waals surface area contributed by atoms with Gasteiger partial charge in [-0.1, -0.05) is 12.7 Å². The second-order valence-corrected chi connectivity index (χ2v) is 2.19. The summed E-state index contributed by atoms with van der Waals surface area (Å²) < 4.78 is 4.49. The normalized spacial score (nSPS) is 11.5. The summed E-state index contributed by atoms with van der Waals surface area (Å²) in [6.07, 6.45) is -0.735. The summed E-state index contributed by atoms with van der Waals surface area (Å²) in [5.41, 5.74) is 4.73. The van der Waals surface area contributed by atoms with Gasteiger partial charge in [-0.25, -0.2) is 4.79 Å². The van der Waals surface area contributed by atoms with E-state index in [2.05, 4.69) is 16.6 Å². The van der Waals surface area contributed by atoms with E-state index in [1.807, 2.05) is 0 Å². The van der Waals surface area contributed by atoms with E-state index >= 15 is 0 Å². The lowest BCUT2D eigenvalue weighted by Crippen LogP contribution is -2.40. The van der Waals surface area contributed by atoms with Gasteiger partial charge in [0.15, 0.2) is 0 Å². The molecule has 74 valence electrons. The highest BCUT2D eigenvalue weighted by Crippen LogP contribution is 1.81. The number of ether oxygens (including phenoxy) is 1. The zero-order valence-corrected chi connectivity index (χ0v) is 7.03. The number of rotatable bonds is 5. The van der Waals surface area contributed by atoms with Crippen LogP contribution in [0.3, 0.4) is 0 Å². The summed E-state index contributed by atoms with van der Waals surface area (Å²) in [5, 5.41) is 11.0. The van der Waals surface area contributed by atoms with Crippen LogP contribution in [0.15, 0.2) is 12.7 Å². The lowest BCUT2D eigenvalue weighted by Gasteiger charge is -2.07. The first kappa shape index (κ1) is 11.4. The van der Waals surface area contributed by atoms with Gasteiger partial charge < -0.3 is 20.9 Å². The van der Waals surface area contributed by atoms with Crippen molar-refractivity contribution in [1.29, 1.82) is 0 Å². The number of alkyl carbamates (subject to hydrolysis) is 1. The van der Waals surface area contributed by atoms with Crippen molar-refractivity contribution in [3.63, 3.8) is 0 Å². The predicted octanol–water partition coefficient (Wildman–Crippen LogP) is -1.26. The first-order valence-corrected chi connectivity index (χ1v) is 3.56. The average Bonchev–Trinajstić information content (AvgIpc) is 2.10. The number of hydrogen-bond donors (Lipinski definition) is 3. The zero-order valence-electron chi connectivity index (χ0n) is 7.03. The van der Waals surface area contributed by atoms with Crippen molar-refractivity contribution in [2.75, 3.05) is 13.2 Å². The molecule has 0 aromatic heterocycles. The topological polar surface area (TPSA) is 102 Å². The van der Waals surface area contributed by atoms with Gasteiger partial charge in [-0.2, -0.15) is 0 Å². The molecule has 6 nitrogen and oxygen atoms in total. The molecular formula is C7H12N2O4. The molecule has 1 unspecified atom stereocenters. The van der Waals surface area contributed by atoms with E-state index in [0.717, 1.165) is 0 Å². The second kappa shape index (κ2) is 6.01. The molecule has 0 aromatic carbocycles. The molecule has 0 aliphatic carbocycles. The molecule has 0 aliphatic rings. The lowest BCUT2D eigenvalue weighted by atomic mass is 10.3. The van der Waals surface area contributed by atoms with E-state index in [0.29, 0.717) is 0 Å². The molecule has 13 heavy (non-hydrogen) atoms. The molecule has 4 N–H and O–H groups in total. The number of nitrogens with two attached hydrogens (primary N) is 1. The first-order valence-electron chi connectivity index (χ1n) is 3.56. The van der Waals surface area contributed by atoms with Crippen molar-refractivity contribution < 1.29 is 19.4 Å². The molecule has 0 radical (unpaired) electrons. The molecule has 6 heteroatoms. The molecule has 0 saturated heterocycles. The minimum Gasteiger partial charge on any atom is -0.445 e. The fourth-order valence-electron chi connectivity index (χ4n) is 0.466. The number of aliphatic hydroxyl groups excluding tert-OH is 1. The maximum atomic E-state index is 10.7. The predicted molar refractivity (Wildman–Crippen MR) is 44.7 cm³/mol. The van der Waals surface area contributed by atoms with Gasteiger partial charge in [0.2, 0.25) is 5.91 Å². The van der Waals surface area contributed by atoms with E-state index in [9.17, 15) is 9.59 Å². The van der Waals surface area contributed by atoms with Crippen LogP contribution in [0.25, 0.3) is 0 Å². The van der Waals surface area contributed by atoms with Crippen molar-refractivity contribution in [2.24, 2.45) is 5.73 Å². The molecule has 2 amide bonds. The highest BCUT2D eigenvalue weighted by atomic mass is 16.5. The van der Waals surface area contributed by atoms with Gasteiger partial charge in [-0.3, -0.25) is 4.79 Å². The van der Waals surface area contributed by atoms with Crippen molar-refractivity contribution in [3.05, 3.63) is 12.7 Å². The third kappa shape index (κ3) is 5.68. The number of nitrogens with one attached hydrogen (secondary N) is 1. The summed E-state index contributed by atoms with van der Waals surface area (Å²) in [6, 6.07) is 0. The molecule has 0 aliphatic heterocycles. The Morgan fingerprint density at radius 2 is 2.31 bits per heavy atom. The van der Waals surface area contributed by atoms with Crippen LogP contribution in [0.5, 0.6) is 0 Å². The Kier molecular flexibility index (Phi) is 5.29. The number of primary amides is 1. The second-order valence-electron chi connectivity index (χ2n) is 2.19. The maximum absolute atomic E-state index is 10.7. The molecule has 0 bridgehead atoms. The third-order valence-electron chi connectivity index (χ3n) is 1.10. The minimum atomic E-state index is -1.39. The van der Waals surface area contributed by atoms with Gasteiger partial charge in [-0.15, -0.1) is 0 Å². The van der Waals surface area contributed by atoms with Gasteiger partial charge in [0.1, 0.15) is 12.7 Å². The molecule has 0 fully saturated rings. The van der Waals surface area contributed by atoms with E-state index in [-0.39, 0.29) is 13.2 Å². The van der Waals surface area contributed by atoms with Gasteiger partial charge in [0, 0.05) is 0 Å². The fourth-order valence-corrected chi connectivity index (χ4v) is 0.466. The van der Waals surface area contributed by atoms with Gasteiger partial charge in [0.25, 0.3) is 0 Å². The molecule has 0 rings (SSSR count). The molecular weight excluding hydrogens is 176 g/mol. The Hall–Kier alpha value is -1.56. The number of carbonyl (C=O) groups excluding carboxylic acids is 2. The Bertz CT molecular complexity index is 205. The van der Waals surface area contributed by atoms with Crippen LogP contribution in [-0.2, 0) is 9.53 Å². The first-order chi connectivity index (χ1) is 6.07. The van der Waals surface area contributed by atoms with E-state index in [1.165, 1.54) is 6.08 Å². The van der Waals surface area contributed by atoms with Crippen LogP contribution < -0.4 is 11.1 Å². The molecule has 0 aromatic rings. The van der Waals surface area contributed by atoms with Crippen molar-refractivity contribution in [2.45, 2.75) is 6.10 Å². The monoisotopic (exact) mass is 188 g/mol. The summed E-state index contributed by atoms with van der Waals surface area (Å²) in [5.74, 6) is -0.899. The van der Waals surface area contributed by atoms with Crippen LogP contribution >= 0.6 is 0 Å². The third-order valence-corrected chi connectivity index (χ3v) is 1.10. The standard InChI is InChI=1S/C7H12N2O4/c1-2-3-13-7(12)9-4-5(10)6(8)11/h2,5,10H,1,3-4H2,(H2,8,11)(H,9,12). The Labute approximate surface area is 75.4 Å². The van der Waals surface area contributed by atoms with E-state index < -0.39 is 18.1 Å². The number of hydrogen-bond acceptors (Lipinski definition) is 4. The summed E-state index contributed by atoms with van der Waals surface area (Å²) in [6.45, 7) is 3.14. The Morgan fingerprint density at radius 1 is 1.69 bits per heavy atom. The van der Waals surface area contributed by atoms with Crippen molar-refractivity contribution in [3.8, 4) is 0 Å². The van der Waals surface area contributed by atoms with E-state index in [4.69, 9.17) is 10.8 Å². The lowest BCUT2D eigenvalue weighted by molar-refractivity contribution is -0.125. The SMILES string of the molecule is C=CCOC(=O)NCC(O)C(N)=O. The number of aliphatic hydroxyl groups is 1. The average molecular weight is 188 g/mol. The summed E-state index contributed by atoms with van der Waals surface area (Å²) >= 11 is 0. The summed E-state index contributed by atoms with van der Waals surface area (Å²) in [7, 11) is 0. The minimum absolute atomic E-state index is 0.0680. The quantitative estimate of drug-likeness (QED) is 0.469. The molecule has 0 spiro atoms. The van der Waals surface area contributed by atoms with Crippen LogP contribution in [0.2, 0.25) is 0 Å². The molecule has 1 atom stereocenters. The summed E-state index contributed by atoms with van der Waals surface area (Å²) in [4.78, 5) is 21.0. The van der Waals surface area contributed by atoms with Crippen molar-refractivity contribution >= 4 is 12.0 Å². The van der Waals surface area contributed by atoms with E-state index in [1.54, 1.807) is 0 Å². The maximum Gasteiger partial charge on any atom is 0.407 e. The molecule has 0 saturated carbocycles. The van der Waals surface area contributed by atoms with Crippen LogP contribution in [-0.4, -0.2) is 36.4 Å². The number of amides is 2. The highest BCUT2D eigenvalue weighted by Gasteiger charge is 2.11. The van der Waals surface area contributed by atoms with Gasteiger partial charge in [0.05, 0.1) is 6.54 Å². The zero-order chi connectivity index (χ0) is 10.3. The van der Waals surface area contributed by atoms with Crippen LogP contribution in [0.4, 0.5) is 4.79 Å². The van der Waals surface area contributed by atoms with Crippen molar-refractivity contribution in [1.82, 2.24) is 5.32 Å². The Morgan fingerprint density at radius 3 is 2.77 bits per heavy atom. The van der Waals surface area contributed by atoms with Gasteiger partial charge in [-0.05, 0) is 0 Å². The number of carbonyl (C=O) groups is 2. The smallest absolute Gasteiger partial charge is 0.407 e. The highest BCUT2D eigenvalue weighted by molar-refractivity contribution is 5.79.